The average Bonchev–Trinajstić information content (AvgIpc) is 2.75. The van der Waals surface area contributed by atoms with Crippen LogP contribution in [0, 0.1) is 11.3 Å². The van der Waals surface area contributed by atoms with Gasteiger partial charge in [0.2, 0.25) is 5.91 Å². The van der Waals surface area contributed by atoms with Crippen molar-refractivity contribution in [2.24, 2.45) is 0 Å². The van der Waals surface area contributed by atoms with Crippen LogP contribution in [0.5, 0.6) is 0 Å². The molecule has 0 spiro atoms. The molecule has 0 atom stereocenters. The molecule has 6 nitrogen and oxygen atoms in total. The lowest BCUT2D eigenvalue weighted by atomic mass is 9.89. The van der Waals surface area contributed by atoms with Crippen molar-refractivity contribution in [1.82, 2.24) is 14.9 Å². The van der Waals surface area contributed by atoms with Gasteiger partial charge in [-0.25, -0.2) is 9.97 Å². The predicted octanol–water partition coefficient (Wildman–Crippen LogP) is 3.24. The van der Waals surface area contributed by atoms with Gasteiger partial charge in [-0.05, 0) is 37.1 Å². The molecular formula is C22H25N5O. The third-order valence-corrected chi connectivity index (χ3v) is 5.71. The normalized spacial score (nSPS) is 18.8. The van der Waals surface area contributed by atoms with Gasteiger partial charge >= 0.3 is 0 Å². The summed E-state index contributed by atoms with van der Waals surface area (Å²) in [5.41, 5.74) is 2.51. The van der Waals surface area contributed by atoms with Crippen molar-refractivity contribution < 1.29 is 4.79 Å². The van der Waals surface area contributed by atoms with Crippen LogP contribution >= 0.6 is 0 Å². The zero-order valence-electron chi connectivity index (χ0n) is 16.0. The molecule has 0 N–H and O–H groups in total. The molecule has 1 aliphatic carbocycles. The van der Waals surface area contributed by atoms with Gasteiger partial charge in [0.05, 0.1) is 18.2 Å². The molecule has 2 heterocycles. The van der Waals surface area contributed by atoms with Gasteiger partial charge in [-0.1, -0.05) is 19.3 Å². The zero-order chi connectivity index (χ0) is 19.3. The number of benzene rings is 1. The van der Waals surface area contributed by atoms with E-state index in [0.717, 1.165) is 23.6 Å². The summed E-state index contributed by atoms with van der Waals surface area (Å²) in [5.74, 6) is 1.57. The third-order valence-electron chi connectivity index (χ3n) is 5.71. The van der Waals surface area contributed by atoms with Crippen LogP contribution in [0.25, 0.3) is 0 Å². The molecule has 1 aromatic carbocycles. The second-order valence-corrected chi connectivity index (χ2v) is 7.70. The molecule has 1 saturated carbocycles. The molecule has 0 unspecified atom stereocenters. The molecule has 6 heteroatoms. The van der Waals surface area contributed by atoms with E-state index in [1.165, 1.54) is 32.1 Å². The van der Waals surface area contributed by atoms with Crippen molar-refractivity contribution in [3.05, 3.63) is 53.6 Å². The maximum Gasteiger partial charge on any atom is 0.241 e. The first-order chi connectivity index (χ1) is 13.7. The van der Waals surface area contributed by atoms with Gasteiger partial charge in [0.15, 0.2) is 0 Å². The Morgan fingerprint density at radius 3 is 2.39 bits per heavy atom. The van der Waals surface area contributed by atoms with Crippen molar-refractivity contribution in [1.29, 1.82) is 5.26 Å². The van der Waals surface area contributed by atoms with Gasteiger partial charge in [-0.15, -0.1) is 0 Å². The van der Waals surface area contributed by atoms with E-state index in [0.29, 0.717) is 31.1 Å². The van der Waals surface area contributed by atoms with Crippen molar-refractivity contribution in [2.45, 2.75) is 44.6 Å². The Labute approximate surface area is 165 Å². The number of hydrogen-bond acceptors (Lipinski definition) is 5. The van der Waals surface area contributed by atoms with E-state index in [-0.39, 0.29) is 5.91 Å². The SMILES string of the molecule is N#Cc1ccc(N2CCN(Cc3cnc(C4CCCCC4)nc3)CC2=O)cc1. The highest BCUT2D eigenvalue weighted by atomic mass is 16.2. The maximum atomic E-state index is 12.6. The fraction of sp³-hybridized carbons (Fsp3) is 0.455. The summed E-state index contributed by atoms with van der Waals surface area (Å²) in [7, 11) is 0. The first-order valence-corrected chi connectivity index (χ1v) is 10.1. The summed E-state index contributed by atoms with van der Waals surface area (Å²) in [6, 6.07) is 9.28. The van der Waals surface area contributed by atoms with Crippen LogP contribution in [-0.4, -0.2) is 40.4 Å². The van der Waals surface area contributed by atoms with E-state index >= 15 is 0 Å². The fourth-order valence-electron chi connectivity index (χ4n) is 4.12. The van der Waals surface area contributed by atoms with E-state index in [4.69, 9.17) is 5.26 Å². The number of nitriles is 1. The van der Waals surface area contributed by atoms with Crippen molar-refractivity contribution in [2.75, 3.05) is 24.5 Å². The number of carbonyl (C=O) groups excluding carboxylic acids is 1. The highest BCUT2D eigenvalue weighted by molar-refractivity contribution is 5.95. The van der Waals surface area contributed by atoms with Crippen molar-refractivity contribution in [3.8, 4) is 6.07 Å². The van der Waals surface area contributed by atoms with Gasteiger partial charge in [0.25, 0.3) is 0 Å². The van der Waals surface area contributed by atoms with Crippen LogP contribution in [0.15, 0.2) is 36.7 Å². The Balaban J connectivity index is 1.34. The standard InChI is InChI=1S/C22H25N5O/c23-12-17-6-8-20(9-7-17)27-11-10-26(16-21(27)28)15-18-13-24-22(25-14-18)19-4-2-1-3-5-19/h6-9,13-14,19H,1-5,10-11,15-16H2. The molecule has 0 radical (unpaired) electrons. The molecule has 144 valence electrons. The number of nitrogens with zero attached hydrogens (tertiary/aromatic N) is 5. The van der Waals surface area contributed by atoms with Crippen LogP contribution in [0.3, 0.4) is 0 Å². The Morgan fingerprint density at radius 2 is 1.75 bits per heavy atom. The molecular weight excluding hydrogens is 350 g/mol. The predicted molar refractivity (Wildman–Crippen MR) is 107 cm³/mol. The van der Waals surface area contributed by atoms with E-state index in [9.17, 15) is 4.79 Å². The number of anilines is 1. The number of amides is 1. The molecule has 0 bridgehead atoms. The van der Waals surface area contributed by atoms with Gasteiger partial charge in [-0.3, -0.25) is 9.69 Å². The monoisotopic (exact) mass is 375 g/mol. The van der Waals surface area contributed by atoms with E-state index in [2.05, 4.69) is 20.9 Å². The molecule has 2 fully saturated rings. The first-order valence-electron chi connectivity index (χ1n) is 10.1. The molecule has 28 heavy (non-hydrogen) atoms. The Hall–Kier alpha value is -2.78. The minimum atomic E-state index is 0.0794. The van der Waals surface area contributed by atoms with Gasteiger partial charge in [0.1, 0.15) is 5.82 Å². The Bertz CT molecular complexity index is 850. The number of rotatable bonds is 4. The lowest BCUT2D eigenvalue weighted by Crippen LogP contribution is -2.50. The molecule has 2 aliphatic rings. The lowest BCUT2D eigenvalue weighted by Gasteiger charge is -2.34. The number of carbonyl (C=O) groups is 1. The van der Waals surface area contributed by atoms with Crippen molar-refractivity contribution in [3.63, 3.8) is 0 Å². The molecule has 1 saturated heterocycles. The number of aromatic nitrogens is 2. The lowest BCUT2D eigenvalue weighted by molar-refractivity contribution is -0.121. The molecule has 1 aromatic heterocycles. The van der Waals surface area contributed by atoms with E-state index < -0.39 is 0 Å². The average molecular weight is 375 g/mol. The summed E-state index contributed by atoms with van der Waals surface area (Å²) < 4.78 is 0. The smallest absolute Gasteiger partial charge is 0.241 e. The molecule has 1 aliphatic heterocycles. The Morgan fingerprint density at radius 1 is 1.04 bits per heavy atom. The second kappa shape index (κ2) is 8.49. The van der Waals surface area contributed by atoms with Crippen LogP contribution in [0.1, 0.15) is 55.0 Å². The largest absolute Gasteiger partial charge is 0.310 e. The molecule has 4 rings (SSSR count). The summed E-state index contributed by atoms with van der Waals surface area (Å²) in [6.07, 6.45) is 10.1. The quantitative estimate of drug-likeness (QED) is 0.820. The van der Waals surface area contributed by atoms with Gasteiger partial charge < -0.3 is 4.90 Å². The highest BCUT2D eigenvalue weighted by Crippen LogP contribution is 2.30. The maximum absolute atomic E-state index is 12.6. The first kappa shape index (κ1) is 18.6. The summed E-state index contributed by atoms with van der Waals surface area (Å²) in [5, 5.41) is 8.91. The van der Waals surface area contributed by atoms with Gasteiger partial charge in [-0.2, -0.15) is 5.26 Å². The Kier molecular flexibility index (Phi) is 5.63. The summed E-state index contributed by atoms with van der Waals surface area (Å²) >= 11 is 0. The van der Waals surface area contributed by atoms with Gasteiger partial charge in [0, 0.05) is 49.2 Å². The topological polar surface area (TPSA) is 73.1 Å². The second-order valence-electron chi connectivity index (χ2n) is 7.70. The van der Waals surface area contributed by atoms with Crippen LogP contribution in [0.4, 0.5) is 5.69 Å². The number of piperazine rings is 1. The van der Waals surface area contributed by atoms with E-state index in [1.807, 2.05) is 24.5 Å². The summed E-state index contributed by atoms with van der Waals surface area (Å²) in [6.45, 7) is 2.52. The van der Waals surface area contributed by atoms with Crippen molar-refractivity contribution >= 4 is 11.6 Å². The van der Waals surface area contributed by atoms with Crippen LogP contribution in [-0.2, 0) is 11.3 Å². The highest BCUT2D eigenvalue weighted by Gasteiger charge is 2.25. The fourth-order valence-corrected chi connectivity index (χ4v) is 4.12. The van der Waals surface area contributed by atoms with Crippen LogP contribution < -0.4 is 4.90 Å². The van der Waals surface area contributed by atoms with Crippen LogP contribution in [0.2, 0.25) is 0 Å². The number of hydrogen-bond donors (Lipinski definition) is 0. The zero-order valence-corrected chi connectivity index (χ0v) is 16.0. The molecule has 1 amide bonds. The van der Waals surface area contributed by atoms with E-state index in [1.54, 1.807) is 17.0 Å². The molecule has 2 aromatic rings. The minimum Gasteiger partial charge on any atom is -0.310 e. The third kappa shape index (κ3) is 4.20. The summed E-state index contributed by atoms with van der Waals surface area (Å²) in [4.78, 5) is 25.7. The minimum absolute atomic E-state index is 0.0794.